The van der Waals surface area contributed by atoms with Crippen molar-refractivity contribution >= 4 is 17.7 Å². The molecule has 0 radical (unpaired) electrons. The van der Waals surface area contributed by atoms with E-state index in [9.17, 15) is 14.9 Å². The molecule has 0 aromatic heterocycles. The lowest BCUT2D eigenvalue weighted by atomic mass is 9.87. The Hall–Kier alpha value is -2.21. The number of rotatable bonds is 5. The zero-order valence-corrected chi connectivity index (χ0v) is 13.2. The summed E-state index contributed by atoms with van der Waals surface area (Å²) in [6.07, 6.45) is 5.85. The zero-order chi connectivity index (χ0) is 16.4. The number of nitrogens with zero attached hydrogens (tertiary/aromatic N) is 3. The fraction of sp³-hybridized carbons (Fsp3) is 0.471. The van der Waals surface area contributed by atoms with E-state index in [4.69, 9.17) is 0 Å². The Kier molecular flexibility index (Phi) is 4.43. The minimum Gasteiger partial charge on any atom is -0.340 e. The minimum absolute atomic E-state index is 0.111. The van der Waals surface area contributed by atoms with Gasteiger partial charge in [-0.3, -0.25) is 19.8 Å². The maximum Gasteiger partial charge on any atom is 0.269 e. The van der Waals surface area contributed by atoms with E-state index in [1.165, 1.54) is 18.6 Å². The molecule has 23 heavy (non-hydrogen) atoms. The normalized spacial score (nSPS) is 23.8. The van der Waals surface area contributed by atoms with Crippen LogP contribution in [0.5, 0.6) is 0 Å². The molecule has 4 rings (SSSR count). The SMILES string of the molecule is CCC(=O)N1CC2CC(C1)N2C/C=C/c1ccc([N+](=O)[O-])cc1. The first-order valence-electron chi connectivity index (χ1n) is 8.03. The molecule has 6 nitrogen and oxygen atoms in total. The molecule has 122 valence electrons. The molecule has 3 aliphatic rings. The molecule has 2 bridgehead atoms. The largest absolute Gasteiger partial charge is 0.340 e. The third-order valence-corrected chi connectivity index (χ3v) is 4.73. The number of nitro groups is 1. The number of carbonyl (C=O) groups excluding carboxylic acids is 1. The smallest absolute Gasteiger partial charge is 0.269 e. The Morgan fingerprint density at radius 1 is 1.30 bits per heavy atom. The Bertz CT molecular complexity index is 614. The van der Waals surface area contributed by atoms with Gasteiger partial charge in [-0.25, -0.2) is 0 Å². The molecule has 6 heteroatoms. The van der Waals surface area contributed by atoms with Crippen LogP contribution in [0.4, 0.5) is 5.69 Å². The number of non-ortho nitro benzene ring substituents is 1. The van der Waals surface area contributed by atoms with Crippen molar-refractivity contribution in [2.45, 2.75) is 31.8 Å². The van der Waals surface area contributed by atoms with E-state index in [-0.39, 0.29) is 11.6 Å². The fourth-order valence-corrected chi connectivity index (χ4v) is 3.43. The van der Waals surface area contributed by atoms with Crippen LogP contribution in [0, 0.1) is 10.1 Å². The highest BCUT2D eigenvalue weighted by Crippen LogP contribution is 2.32. The number of nitro benzene ring substituents is 1. The number of hydrogen-bond acceptors (Lipinski definition) is 4. The van der Waals surface area contributed by atoms with E-state index in [1.54, 1.807) is 12.1 Å². The van der Waals surface area contributed by atoms with Gasteiger partial charge in [0.15, 0.2) is 0 Å². The second kappa shape index (κ2) is 6.50. The molecule has 0 saturated carbocycles. The van der Waals surface area contributed by atoms with E-state index in [0.717, 1.165) is 25.2 Å². The molecule has 3 aliphatic heterocycles. The van der Waals surface area contributed by atoms with Gasteiger partial charge in [0.25, 0.3) is 5.69 Å². The number of hydrogen-bond donors (Lipinski definition) is 0. The number of benzene rings is 1. The van der Waals surface area contributed by atoms with Crippen LogP contribution in [0.15, 0.2) is 30.3 Å². The second-order valence-electron chi connectivity index (χ2n) is 6.14. The van der Waals surface area contributed by atoms with Crippen LogP contribution >= 0.6 is 0 Å². The number of carbonyl (C=O) groups is 1. The number of fused-ring (bicyclic) bond motifs is 2. The van der Waals surface area contributed by atoms with Gasteiger partial charge in [-0.2, -0.15) is 0 Å². The number of piperazine rings is 1. The van der Waals surface area contributed by atoms with E-state index >= 15 is 0 Å². The van der Waals surface area contributed by atoms with Crippen molar-refractivity contribution in [2.24, 2.45) is 0 Å². The lowest BCUT2D eigenvalue weighted by Gasteiger charge is -2.56. The zero-order valence-electron chi connectivity index (χ0n) is 13.2. The summed E-state index contributed by atoms with van der Waals surface area (Å²) in [5.74, 6) is 0.251. The number of amides is 1. The summed E-state index contributed by atoms with van der Waals surface area (Å²) < 4.78 is 0. The molecule has 2 atom stereocenters. The predicted molar refractivity (Wildman–Crippen MR) is 87.9 cm³/mol. The summed E-state index contributed by atoms with van der Waals surface area (Å²) in [7, 11) is 0. The van der Waals surface area contributed by atoms with E-state index in [1.807, 2.05) is 17.9 Å². The van der Waals surface area contributed by atoms with Crippen LogP contribution in [0.25, 0.3) is 6.08 Å². The summed E-state index contributed by atoms with van der Waals surface area (Å²) in [5, 5.41) is 10.6. The predicted octanol–water partition coefficient (Wildman–Crippen LogP) is 2.30. The molecule has 3 saturated heterocycles. The molecule has 1 aromatic rings. The first-order chi connectivity index (χ1) is 11.1. The first kappa shape index (κ1) is 15.7. The molecular formula is C17H21N3O3. The van der Waals surface area contributed by atoms with Gasteiger partial charge < -0.3 is 4.90 Å². The lowest BCUT2D eigenvalue weighted by molar-refractivity contribution is -0.384. The Morgan fingerprint density at radius 3 is 2.52 bits per heavy atom. The van der Waals surface area contributed by atoms with Gasteiger partial charge >= 0.3 is 0 Å². The van der Waals surface area contributed by atoms with Crippen LogP contribution in [0.3, 0.4) is 0 Å². The third-order valence-electron chi connectivity index (χ3n) is 4.73. The molecule has 3 heterocycles. The molecular weight excluding hydrogens is 294 g/mol. The minimum atomic E-state index is -0.391. The van der Waals surface area contributed by atoms with Gasteiger partial charge in [0.1, 0.15) is 0 Å². The van der Waals surface area contributed by atoms with Gasteiger partial charge in [-0.1, -0.05) is 19.1 Å². The van der Waals surface area contributed by atoms with Crippen LogP contribution < -0.4 is 0 Å². The second-order valence-corrected chi connectivity index (χ2v) is 6.14. The monoisotopic (exact) mass is 315 g/mol. The summed E-state index contributed by atoms with van der Waals surface area (Å²) in [4.78, 5) is 26.4. The molecule has 0 aliphatic carbocycles. The average Bonchev–Trinajstić information content (AvgIpc) is 2.58. The third kappa shape index (κ3) is 3.27. The molecule has 3 fully saturated rings. The average molecular weight is 315 g/mol. The standard InChI is InChI=1S/C17H21N3O3/c1-2-17(21)18-11-15-10-16(12-18)19(15)9-3-4-13-5-7-14(8-6-13)20(22)23/h3-8,15-16H,2,9-12H2,1H3/b4-3+. The maximum absolute atomic E-state index is 11.8. The van der Waals surface area contributed by atoms with Gasteiger partial charge in [-0.05, 0) is 24.1 Å². The quantitative estimate of drug-likeness (QED) is 0.618. The van der Waals surface area contributed by atoms with Gasteiger partial charge in [0.2, 0.25) is 5.91 Å². The van der Waals surface area contributed by atoms with E-state index < -0.39 is 4.92 Å². The highest BCUT2D eigenvalue weighted by molar-refractivity contribution is 5.76. The van der Waals surface area contributed by atoms with Gasteiger partial charge in [0.05, 0.1) is 4.92 Å². The van der Waals surface area contributed by atoms with E-state index in [0.29, 0.717) is 18.5 Å². The van der Waals surface area contributed by atoms with Crippen LogP contribution in [0.1, 0.15) is 25.3 Å². The van der Waals surface area contributed by atoms with Crippen LogP contribution in [0.2, 0.25) is 0 Å². The first-order valence-corrected chi connectivity index (χ1v) is 8.03. The summed E-state index contributed by atoms with van der Waals surface area (Å²) in [5.41, 5.74) is 1.07. The van der Waals surface area contributed by atoms with Crippen molar-refractivity contribution in [3.63, 3.8) is 0 Å². The van der Waals surface area contributed by atoms with Crippen molar-refractivity contribution in [2.75, 3.05) is 19.6 Å². The van der Waals surface area contributed by atoms with Crippen molar-refractivity contribution < 1.29 is 9.72 Å². The molecule has 2 unspecified atom stereocenters. The van der Waals surface area contributed by atoms with Crippen molar-refractivity contribution in [3.8, 4) is 0 Å². The van der Waals surface area contributed by atoms with Crippen LogP contribution in [-0.4, -0.2) is 52.3 Å². The Balaban J connectivity index is 1.52. The topological polar surface area (TPSA) is 66.7 Å². The highest BCUT2D eigenvalue weighted by Gasteiger charge is 2.44. The Labute approximate surface area is 135 Å². The van der Waals surface area contributed by atoms with Gasteiger partial charge in [-0.15, -0.1) is 0 Å². The summed E-state index contributed by atoms with van der Waals surface area (Å²) in [6, 6.07) is 7.51. The van der Waals surface area contributed by atoms with Gasteiger partial charge in [0, 0.05) is 50.3 Å². The molecule has 1 amide bonds. The Morgan fingerprint density at radius 2 is 1.96 bits per heavy atom. The fourth-order valence-electron chi connectivity index (χ4n) is 3.43. The molecule has 1 aromatic carbocycles. The number of piperidine rings is 1. The van der Waals surface area contributed by atoms with Crippen molar-refractivity contribution in [1.82, 2.24) is 9.80 Å². The summed E-state index contributed by atoms with van der Waals surface area (Å²) in [6.45, 7) is 4.46. The van der Waals surface area contributed by atoms with E-state index in [2.05, 4.69) is 11.0 Å². The molecule has 0 spiro atoms. The lowest BCUT2D eigenvalue weighted by Crippen LogP contribution is -2.69. The van der Waals surface area contributed by atoms with Crippen LogP contribution in [-0.2, 0) is 4.79 Å². The highest BCUT2D eigenvalue weighted by atomic mass is 16.6. The maximum atomic E-state index is 11.8. The van der Waals surface area contributed by atoms with Crippen molar-refractivity contribution in [1.29, 1.82) is 0 Å². The summed E-state index contributed by atoms with van der Waals surface area (Å²) >= 11 is 0. The van der Waals surface area contributed by atoms with Crippen molar-refractivity contribution in [3.05, 3.63) is 46.0 Å². The molecule has 0 N–H and O–H groups in total.